The van der Waals surface area contributed by atoms with Crippen molar-refractivity contribution in [3.8, 4) is 0 Å². The van der Waals surface area contributed by atoms with Gasteiger partial charge in [-0.25, -0.2) is 8.42 Å². The molecule has 3 rings (SSSR count). The van der Waals surface area contributed by atoms with Crippen molar-refractivity contribution in [3.05, 3.63) is 65.7 Å². The second-order valence-electron chi connectivity index (χ2n) is 6.72. The number of amides is 1. The topological polar surface area (TPSA) is 83.6 Å². The quantitative estimate of drug-likeness (QED) is 0.801. The van der Waals surface area contributed by atoms with Crippen molar-refractivity contribution >= 4 is 27.4 Å². The lowest BCUT2D eigenvalue weighted by Gasteiger charge is -2.31. The van der Waals surface area contributed by atoms with E-state index in [9.17, 15) is 18.0 Å². The number of ketones is 1. The first-order valence-corrected chi connectivity index (χ1v) is 10.7. The Morgan fingerprint density at radius 2 is 1.56 bits per heavy atom. The van der Waals surface area contributed by atoms with E-state index in [4.69, 9.17) is 0 Å². The van der Waals surface area contributed by atoms with E-state index >= 15 is 0 Å². The van der Waals surface area contributed by atoms with Crippen LogP contribution < -0.4 is 4.72 Å². The first kappa shape index (κ1) is 19.1. The zero-order valence-electron chi connectivity index (χ0n) is 15.1. The Bertz CT molecular complexity index is 933. The number of carbonyl (C=O) groups is 2. The molecule has 0 saturated carbocycles. The summed E-state index contributed by atoms with van der Waals surface area (Å²) in [6.45, 7) is 0.935. The minimum absolute atomic E-state index is 0.0964. The number of likely N-dealkylation sites (tertiary alicyclic amines) is 1. The number of nitrogens with one attached hydrogen (secondary N) is 1. The predicted octanol–water partition coefficient (Wildman–Crippen LogP) is 2.79. The van der Waals surface area contributed by atoms with Crippen molar-refractivity contribution in [2.24, 2.45) is 5.92 Å². The van der Waals surface area contributed by atoms with E-state index in [0.717, 1.165) is 6.26 Å². The summed E-state index contributed by atoms with van der Waals surface area (Å²) in [6, 6.07) is 15.7. The summed E-state index contributed by atoms with van der Waals surface area (Å²) < 4.78 is 25.5. The molecule has 2 aromatic carbocycles. The molecular weight excluding hydrogens is 364 g/mol. The third kappa shape index (κ3) is 4.74. The highest BCUT2D eigenvalue weighted by Crippen LogP contribution is 2.25. The molecule has 0 unspecified atom stereocenters. The summed E-state index contributed by atoms with van der Waals surface area (Å²) in [6.07, 6.45) is 2.25. The highest BCUT2D eigenvalue weighted by Gasteiger charge is 2.29. The number of Topliss-reactive ketones (excluding diaryl/α,β-unsaturated/α-hetero) is 1. The normalized spacial score (nSPS) is 15.4. The zero-order chi connectivity index (χ0) is 19.4. The number of hydrogen-bond acceptors (Lipinski definition) is 4. The number of sulfonamides is 1. The third-order valence-corrected chi connectivity index (χ3v) is 5.25. The fourth-order valence-electron chi connectivity index (χ4n) is 3.31. The van der Waals surface area contributed by atoms with Crippen LogP contribution in [0.3, 0.4) is 0 Å². The Hall–Kier alpha value is -2.67. The Morgan fingerprint density at radius 1 is 0.963 bits per heavy atom. The molecule has 1 amide bonds. The molecule has 27 heavy (non-hydrogen) atoms. The van der Waals surface area contributed by atoms with Crippen LogP contribution >= 0.6 is 0 Å². The number of rotatable bonds is 5. The van der Waals surface area contributed by atoms with Crippen LogP contribution in [0.2, 0.25) is 0 Å². The van der Waals surface area contributed by atoms with Crippen molar-refractivity contribution in [1.29, 1.82) is 0 Å². The maximum atomic E-state index is 12.9. The second kappa shape index (κ2) is 7.92. The highest BCUT2D eigenvalue weighted by molar-refractivity contribution is 7.92. The van der Waals surface area contributed by atoms with E-state index in [0.29, 0.717) is 37.1 Å². The molecule has 0 bridgehead atoms. The molecule has 0 atom stereocenters. The Kier molecular flexibility index (Phi) is 5.60. The minimum atomic E-state index is -3.48. The van der Waals surface area contributed by atoms with Crippen LogP contribution in [0.15, 0.2) is 54.6 Å². The molecule has 2 aromatic rings. The van der Waals surface area contributed by atoms with Crippen LogP contribution in [0.4, 0.5) is 5.69 Å². The van der Waals surface area contributed by atoms with Gasteiger partial charge < -0.3 is 4.90 Å². The van der Waals surface area contributed by atoms with Gasteiger partial charge in [-0.05, 0) is 25.0 Å². The smallest absolute Gasteiger partial charge is 0.255 e. The Morgan fingerprint density at radius 3 is 2.19 bits per heavy atom. The summed E-state index contributed by atoms with van der Waals surface area (Å²) in [7, 11) is -3.48. The van der Waals surface area contributed by atoms with Gasteiger partial charge in [0.1, 0.15) is 0 Å². The SMILES string of the molecule is CS(=O)(=O)Nc1ccccc1C(=O)N1CCC(C(=O)c2ccccc2)CC1. The lowest BCUT2D eigenvalue weighted by Crippen LogP contribution is -2.40. The van der Waals surface area contributed by atoms with Gasteiger partial charge in [0.05, 0.1) is 17.5 Å². The fourth-order valence-corrected chi connectivity index (χ4v) is 3.89. The minimum Gasteiger partial charge on any atom is -0.339 e. The van der Waals surface area contributed by atoms with Crippen molar-refractivity contribution in [1.82, 2.24) is 4.90 Å². The van der Waals surface area contributed by atoms with Crippen LogP contribution in [-0.4, -0.2) is 44.4 Å². The van der Waals surface area contributed by atoms with Crippen molar-refractivity contribution < 1.29 is 18.0 Å². The molecule has 1 fully saturated rings. The largest absolute Gasteiger partial charge is 0.339 e. The highest BCUT2D eigenvalue weighted by atomic mass is 32.2. The summed E-state index contributed by atoms with van der Waals surface area (Å²) in [4.78, 5) is 27.1. The van der Waals surface area contributed by atoms with Crippen LogP contribution in [-0.2, 0) is 10.0 Å². The molecule has 0 spiro atoms. The molecule has 1 aliphatic heterocycles. The van der Waals surface area contributed by atoms with E-state index in [1.54, 1.807) is 29.2 Å². The maximum Gasteiger partial charge on any atom is 0.255 e. The Balaban J connectivity index is 1.68. The van der Waals surface area contributed by atoms with Gasteiger partial charge in [-0.1, -0.05) is 42.5 Å². The summed E-state index contributed by atoms with van der Waals surface area (Å²) in [5.74, 6) is -0.213. The van der Waals surface area contributed by atoms with Gasteiger partial charge in [0.15, 0.2) is 5.78 Å². The average Bonchev–Trinajstić information content (AvgIpc) is 2.67. The third-order valence-electron chi connectivity index (χ3n) is 4.66. The number of hydrogen-bond donors (Lipinski definition) is 1. The van der Waals surface area contributed by atoms with E-state index in [2.05, 4.69) is 4.72 Å². The van der Waals surface area contributed by atoms with Gasteiger partial charge in [0.25, 0.3) is 5.91 Å². The van der Waals surface area contributed by atoms with Crippen LogP contribution in [0, 0.1) is 5.92 Å². The van der Waals surface area contributed by atoms with Gasteiger partial charge in [-0.15, -0.1) is 0 Å². The number of nitrogens with zero attached hydrogens (tertiary/aromatic N) is 1. The maximum absolute atomic E-state index is 12.9. The molecule has 1 N–H and O–H groups in total. The van der Waals surface area contributed by atoms with Gasteiger partial charge in [-0.2, -0.15) is 0 Å². The molecule has 0 radical (unpaired) electrons. The number of piperidine rings is 1. The fraction of sp³-hybridized carbons (Fsp3) is 0.300. The lowest BCUT2D eigenvalue weighted by molar-refractivity contribution is 0.0651. The van der Waals surface area contributed by atoms with Crippen LogP contribution in [0.25, 0.3) is 0 Å². The van der Waals surface area contributed by atoms with Crippen molar-refractivity contribution in [2.45, 2.75) is 12.8 Å². The average molecular weight is 386 g/mol. The number of para-hydroxylation sites is 1. The molecule has 1 heterocycles. The molecule has 7 heteroatoms. The lowest BCUT2D eigenvalue weighted by atomic mass is 9.88. The molecule has 1 saturated heterocycles. The molecule has 1 aliphatic rings. The van der Waals surface area contributed by atoms with Gasteiger partial charge in [-0.3, -0.25) is 14.3 Å². The molecule has 6 nitrogen and oxygen atoms in total. The van der Waals surface area contributed by atoms with E-state index < -0.39 is 10.0 Å². The Labute approximate surface area is 159 Å². The zero-order valence-corrected chi connectivity index (χ0v) is 15.9. The molecule has 142 valence electrons. The van der Waals surface area contributed by atoms with E-state index in [-0.39, 0.29) is 23.3 Å². The monoisotopic (exact) mass is 386 g/mol. The molecule has 0 aromatic heterocycles. The predicted molar refractivity (Wildman–Crippen MR) is 104 cm³/mol. The molecular formula is C20H22N2O4S. The van der Waals surface area contributed by atoms with Crippen LogP contribution in [0.1, 0.15) is 33.6 Å². The first-order valence-electron chi connectivity index (χ1n) is 8.80. The van der Waals surface area contributed by atoms with E-state index in [1.165, 1.54) is 0 Å². The van der Waals surface area contributed by atoms with Gasteiger partial charge in [0.2, 0.25) is 10.0 Å². The van der Waals surface area contributed by atoms with Gasteiger partial charge in [0, 0.05) is 24.6 Å². The number of benzene rings is 2. The van der Waals surface area contributed by atoms with Crippen molar-refractivity contribution in [2.75, 3.05) is 24.1 Å². The summed E-state index contributed by atoms with van der Waals surface area (Å²) >= 11 is 0. The first-order chi connectivity index (χ1) is 12.8. The number of anilines is 1. The van der Waals surface area contributed by atoms with Gasteiger partial charge >= 0.3 is 0 Å². The summed E-state index contributed by atoms with van der Waals surface area (Å²) in [5.41, 5.74) is 1.29. The van der Waals surface area contributed by atoms with Crippen molar-refractivity contribution in [3.63, 3.8) is 0 Å². The molecule has 0 aliphatic carbocycles. The second-order valence-corrected chi connectivity index (χ2v) is 8.47. The number of carbonyl (C=O) groups excluding carboxylic acids is 2. The standard InChI is InChI=1S/C20H22N2O4S/c1-27(25,26)21-18-10-6-5-9-17(18)20(24)22-13-11-16(12-14-22)19(23)15-7-3-2-4-8-15/h2-10,16,21H,11-14H2,1H3. The van der Waals surface area contributed by atoms with E-state index in [1.807, 2.05) is 30.3 Å². The van der Waals surface area contributed by atoms with Crippen LogP contribution in [0.5, 0.6) is 0 Å². The summed E-state index contributed by atoms with van der Waals surface area (Å²) in [5, 5.41) is 0.